The number of benzene rings is 5. The second-order valence-electron chi connectivity index (χ2n) is 12.2. The predicted molar refractivity (Wildman–Crippen MR) is 178 cm³/mol. The maximum absolute atomic E-state index is 2.38. The van der Waals surface area contributed by atoms with Crippen LogP contribution in [0, 0.1) is 0 Å². The van der Waals surface area contributed by atoms with Crippen molar-refractivity contribution < 1.29 is 0 Å². The summed E-state index contributed by atoms with van der Waals surface area (Å²) in [5.41, 5.74) is 11.1. The lowest BCUT2D eigenvalue weighted by atomic mass is 9.87. The maximum atomic E-state index is 2.38. The minimum absolute atomic E-state index is 0.535. The summed E-state index contributed by atoms with van der Waals surface area (Å²) in [6.45, 7) is 18.1. The molecular formula is C40H46. The van der Waals surface area contributed by atoms with Gasteiger partial charge in [0.1, 0.15) is 0 Å². The average molecular weight is 527 g/mol. The van der Waals surface area contributed by atoms with Crippen molar-refractivity contribution in [2.24, 2.45) is 0 Å². The smallest absolute Gasteiger partial charge is 0.0105 e. The molecule has 0 bridgehead atoms. The van der Waals surface area contributed by atoms with Gasteiger partial charge in [-0.1, -0.05) is 165 Å². The molecule has 0 radical (unpaired) electrons. The van der Waals surface area contributed by atoms with E-state index < -0.39 is 0 Å². The molecule has 0 spiro atoms. The van der Waals surface area contributed by atoms with Gasteiger partial charge in [0.15, 0.2) is 0 Å². The van der Waals surface area contributed by atoms with Crippen LogP contribution < -0.4 is 0 Å². The first-order chi connectivity index (χ1) is 19.2. The topological polar surface area (TPSA) is 0 Å². The summed E-state index contributed by atoms with van der Waals surface area (Å²) in [5.74, 6) is 2.37. The summed E-state index contributed by atoms with van der Waals surface area (Å²) in [7, 11) is 0. The SMILES string of the molecule is CC(C)c1ccc(-c2ccc(-c3cccc4ccccc34)cc2)cc1C(C)C.CC(C)c1ccccc1C(C)C. The van der Waals surface area contributed by atoms with Crippen molar-refractivity contribution in [1.29, 1.82) is 0 Å². The molecule has 40 heavy (non-hydrogen) atoms. The van der Waals surface area contributed by atoms with Crippen LogP contribution in [0.15, 0.2) is 109 Å². The molecule has 0 heterocycles. The fourth-order valence-corrected chi connectivity index (χ4v) is 5.66. The van der Waals surface area contributed by atoms with Crippen LogP contribution in [-0.4, -0.2) is 0 Å². The van der Waals surface area contributed by atoms with Gasteiger partial charge in [-0.25, -0.2) is 0 Å². The Kier molecular flexibility index (Phi) is 9.64. The van der Waals surface area contributed by atoms with E-state index in [-0.39, 0.29) is 0 Å². The van der Waals surface area contributed by atoms with E-state index >= 15 is 0 Å². The Hall–Kier alpha value is -3.64. The molecule has 5 aromatic rings. The third-order valence-corrected chi connectivity index (χ3v) is 7.89. The number of rotatable bonds is 6. The molecule has 0 aliphatic heterocycles. The standard InChI is InChI=1S/C28H28.C12H18/c1-19(2)25-17-16-24(18-28(25)20(3)4)21-12-14-23(15-13-21)27-11-7-9-22-8-5-6-10-26(22)27;1-9(2)11-7-5-6-8-12(11)10(3)4/h5-20H,1-4H3;5-10H,1-4H3. The highest BCUT2D eigenvalue weighted by atomic mass is 14.2. The van der Waals surface area contributed by atoms with Crippen LogP contribution in [0.1, 0.15) is 101 Å². The van der Waals surface area contributed by atoms with E-state index in [1.54, 1.807) is 0 Å². The number of fused-ring (bicyclic) bond motifs is 1. The van der Waals surface area contributed by atoms with Crippen LogP contribution in [0.2, 0.25) is 0 Å². The molecule has 0 aliphatic rings. The molecule has 0 N–H and O–H groups in total. The van der Waals surface area contributed by atoms with E-state index in [0.717, 1.165) is 0 Å². The molecule has 0 aliphatic carbocycles. The minimum Gasteiger partial charge on any atom is -0.0620 e. The van der Waals surface area contributed by atoms with Gasteiger partial charge in [-0.2, -0.15) is 0 Å². The van der Waals surface area contributed by atoms with Gasteiger partial charge in [0, 0.05) is 0 Å². The fraction of sp³-hybridized carbons (Fsp3) is 0.300. The Morgan fingerprint density at radius 1 is 0.350 bits per heavy atom. The van der Waals surface area contributed by atoms with E-state index in [0.29, 0.717) is 23.7 Å². The van der Waals surface area contributed by atoms with Crippen LogP contribution in [-0.2, 0) is 0 Å². The van der Waals surface area contributed by atoms with Gasteiger partial charge in [-0.05, 0) is 79.0 Å². The van der Waals surface area contributed by atoms with Gasteiger partial charge >= 0.3 is 0 Å². The molecule has 0 saturated heterocycles. The highest BCUT2D eigenvalue weighted by Crippen LogP contribution is 2.33. The van der Waals surface area contributed by atoms with Gasteiger partial charge in [-0.3, -0.25) is 0 Å². The summed E-state index contributed by atoms with van der Waals surface area (Å²) in [5, 5.41) is 2.59. The first-order valence-electron chi connectivity index (χ1n) is 15.0. The molecule has 5 aromatic carbocycles. The van der Waals surface area contributed by atoms with E-state index in [1.807, 2.05) is 0 Å². The van der Waals surface area contributed by atoms with E-state index in [2.05, 4.69) is 165 Å². The van der Waals surface area contributed by atoms with E-state index in [9.17, 15) is 0 Å². The van der Waals surface area contributed by atoms with Crippen LogP contribution in [0.4, 0.5) is 0 Å². The van der Waals surface area contributed by atoms with Gasteiger partial charge in [-0.15, -0.1) is 0 Å². The zero-order chi connectivity index (χ0) is 28.8. The van der Waals surface area contributed by atoms with Gasteiger partial charge in [0.05, 0.1) is 0 Å². The Morgan fingerprint density at radius 2 is 0.800 bits per heavy atom. The molecular weight excluding hydrogens is 480 g/mol. The molecule has 0 fully saturated rings. The first kappa shape index (κ1) is 29.3. The van der Waals surface area contributed by atoms with Crippen molar-refractivity contribution >= 4 is 10.8 Å². The van der Waals surface area contributed by atoms with E-state index in [4.69, 9.17) is 0 Å². The van der Waals surface area contributed by atoms with Crippen molar-refractivity contribution in [3.05, 3.63) is 131 Å². The normalized spacial score (nSPS) is 11.4. The lowest BCUT2D eigenvalue weighted by Gasteiger charge is -2.17. The predicted octanol–water partition coefficient (Wildman–Crippen LogP) is 12.4. The van der Waals surface area contributed by atoms with Crippen LogP contribution in [0.25, 0.3) is 33.0 Å². The molecule has 0 nitrogen and oxygen atoms in total. The second kappa shape index (κ2) is 13.1. The highest BCUT2D eigenvalue weighted by molar-refractivity contribution is 5.96. The summed E-state index contributed by atoms with van der Waals surface area (Å²) in [6, 6.07) is 39.8. The molecule has 0 heteroatoms. The number of hydrogen-bond acceptors (Lipinski definition) is 0. The zero-order valence-electron chi connectivity index (χ0n) is 25.7. The quantitative estimate of drug-likeness (QED) is 0.206. The number of hydrogen-bond donors (Lipinski definition) is 0. The van der Waals surface area contributed by atoms with Crippen molar-refractivity contribution in [1.82, 2.24) is 0 Å². The van der Waals surface area contributed by atoms with Crippen LogP contribution >= 0.6 is 0 Å². The third kappa shape index (κ3) is 6.73. The largest absolute Gasteiger partial charge is 0.0620 e. The lowest BCUT2D eigenvalue weighted by molar-refractivity contribution is 0.790. The summed E-state index contributed by atoms with van der Waals surface area (Å²) in [6.07, 6.45) is 0. The van der Waals surface area contributed by atoms with E-state index in [1.165, 1.54) is 55.3 Å². The fourth-order valence-electron chi connectivity index (χ4n) is 5.66. The van der Waals surface area contributed by atoms with Crippen molar-refractivity contribution in [3.63, 3.8) is 0 Å². The van der Waals surface area contributed by atoms with Gasteiger partial charge in [0.2, 0.25) is 0 Å². The Morgan fingerprint density at radius 3 is 1.38 bits per heavy atom. The van der Waals surface area contributed by atoms with Crippen molar-refractivity contribution in [2.75, 3.05) is 0 Å². The minimum atomic E-state index is 0.535. The van der Waals surface area contributed by atoms with Crippen molar-refractivity contribution in [3.8, 4) is 22.3 Å². The van der Waals surface area contributed by atoms with Crippen LogP contribution in [0.3, 0.4) is 0 Å². The molecule has 5 rings (SSSR count). The highest BCUT2D eigenvalue weighted by Gasteiger charge is 2.12. The van der Waals surface area contributed by atoms with Crippen molar-refractivity contribution in [2.45, 2.75) is 79.1 Å². The first-order valence-corrected chi connectivity index (χ1v) is 15.0. The molecule has 0 atom stereocenters. The molecule has 206 valence electrons. The molecule has 0 amide bonds. The molecule has 0 aromatic heterocycles. The Labute approximate surface area is 243 Å². The third-order valence-electron chi connectivity index (χ3n) is 7.89. The van der Waals surface area contributed by atoms with Crippen LogP contribution in [0.5, 0.6) is 0 Å². The monoisotopic (exact) mass is 526 g/mol. The lowest BCUT2D eigenvalue weighted by Crippen LogP contribution is -1.99. The second-order valence-corrected chi connectivity index (χ2v) is 12.2. The molecule has 0 unspecified atom stereocenters. The summed E-state index contributed by atoms with van der Waals surface area (Å²) in [4.78, 5) is 0. The molecule has 0 saturated carbocycles. The average Bonchev–Trinajstić information content (AvgIpc) is 2.97. The Bertz CT molecular complexity index is 1500. The summed E-state index contributed by atoms with van der Waals surface area (Å²) < 4.78 is 0. The maximum Gasteiger partial charge on any atom is -0.0105 e. The Balaban J connectivity index is 0.000000259. The van der Waals surface area contributed by atoms with Gasteiger partial charge < -0.3 is 0 Å². The van der Waals surface area contributed by atoms with Gasteiger partial charge in [0.25, 0.3) is 0 Å². The zero-order valence-corrected chi connectivity index (χ0v) is 25.7. The summed E-state index contributed by atoms with van der Waals surface area (Å²) >= 11 is 0.